The number of piperidine rings is 1. The average molecular weight is 344 g/mol. The molecule has 4 bridgehead atoms. The summed E-state index contributed by atoms with van der Waals surface area (Å²) < 4.78 is 6.29. The van der Waals surface area contributed by atoms with E-state index in [4.69, 9.17) is 4.74 Å². The number of aliphatic hydroxyl groups is 1. The fourth-order valence-corrected chi connectivity index (χ4v) is 9.25. The van der Waals surface area contributed by atoms with Crippen LogP contribution in [0.25, 0.3) is 0 Å². The molecule has 2 saturated heterocycles. The molecule has 0 radical (unpaired) electrons. The van der Waals surface area contributed by atoms with Crippen LogP contribution < -0.4 is 0 Å². The molecule has 1 N–H and O–H groups in total. The molecule has 5 saturated carbocycles. The molecular weight excluding hydrogens is 310 g/mol. The summed E-state index contributed by atoms with van der Waals surface area (Å²) >= 11 is 0. The Morgan fingerprint density at radius 2 is 1.96 bits per heavy atom. The lowest BCUT2D eigenvalue weighted by Crippen LogP contribution is -2.72. The van der Waals surface area contributed by atoms with E-state index in [1.54, 1.807) is 0 Å². The van der Waals surface area contributed by atoms with Gasteiger partial charge in [-0.15, -0.1) is 0 Å². The highest BCUT2D eigenvalue weighted by atomic mass is 16.5. The van der Waals surface area contributed by atoms with Gasteiger partial charge in [0.1, 0.15) is 6.23 Å². The van der Waals surface area contributed by atoms with Crippen LogP contribution >= 0.6 is 0 Å². The van der Waals surface area contributed by atoms with E-state index in [-0.39, 0.29) is 11.5 Å². The summed E-state index contributed by atoms with van der Waals surface area (Å²) in [4.78, 5) is 2.69. The van der Waals surface area contributed by atoms with Crippen LogP contribution in [0.3, 0.4) is 0 Å². The molecule has 2 aliphatic heterocycles. The molecule has 0 amide bonds. The molecular formula is C22H33NO2. The van der Waals surface area contributed by atoms with Crippen LogP contribution in [0.2, 0.25) is 0 Å². The number of ether oxygens (including phenoxy) is 1. The van der Waals surface area contributed by atoms with E-state index in [1.165, 1.54) is 63.5 Å². The van der Waals surface area contributed by atoms with Crippen molar-refractivity contribution in [2.45, 2.75) is 70.6 Å². The van der Waals surface area contributed by atoms with Crippen LogP contribution in [0.1, 0.15) is 58.3 Å². The number of aliphatic hydroxyl groups excluding tert-OH is 1. The maximum Gasteiger partial charge on any atom is 0.116 e. The molecule has 7 aliphatic rings. The summed E-state index contributed by atoms with van der Waals surface area (Å²) in [7, 11) is 0. The van der Waals surface area contributed by atoms with E-state index < -0.39 is 0 Å². The van der Waals surface area contributed by atoms with E-state index in [1.807, 2.05) is 0 Å². The first-order valence-corrected chi connectivity index (χ1v) is 10.7. The second-order valence-electron chi connectivity index (χ2n) is 10.6. The molecule has 25 heavy (non-hydrogen) atoms. The number of nitrogens with zero attached hydrogens (tertiary/aromatic N) is 1. The largest absolute Gasteiger partial charge is 0.388 e. The molecule has 2 heterocycles. The van der Waals surface area contributed by atoms with Crippen molar-refractivity contribution in [3.8, 4) is 0 Å². The molecule has 5 aliphatic carbocycles. The van der Waals surface area contributed by atoms with Gasteiger partial charge >= 0.3 is 0 Å². The van der Waals surface area contributed by atoms with Crippen molar-refractivity contribution in [2.24, 2.45) is 34.0 Å². The topological polar surface area (TPSA) is 32.7 Å². The highest BCUT2D eigenvalue weighted by molar-refractivity contribution is 5.28. The molecule has 1 spiro atoms. The summed E-state index contributed by atoms with van der Waals surface area (Å²) in [5.74, 6) is 2.08. The van der Waals surface area contributed by atoms with Crippen LogP contribution in [0.15, 0.2) is 12.2 Å². The van der Waals surface area contributed by atoms with Gasteiger partial charge in [-0.2, -0.15) is 0 Å². The molecule has 0 aromatic rings. The average Bonchev–Trinajstić information content (AvgIpc) is 3.07. The van der Waals surface area contributed by atoms with Gasteiger partial charge < -0.3 is 9.84 Å². The van der Waals surface area contributed by atoms with E-state index in [0.717, 1.165) is 19.1 Å². The van der Waals surface area contributed by atoms with Gasteiger partial charge in [0, 0.05) is 23.9 Å². The highest BCUT2D eigenvalue weighted by Crippen LogP contribution is 2.74. The van der Waals surface area contributed by atoms with Crippen molar-refractivity contribution in [1.82, 2.24) is 4.90 Å². The minimum Gasteiger partial charge on any atom is -0.388 e. The fraction of sp³-hybridized carbons (Fsp3) is 0.909. The van der Waals surface area contributed by atoms with Crippen LogP contribution in [-0.4, -0.2) is 42.0 Å². The predicted octanol–water partition coefficient (Wildman–Crippen LogP) is 3.58. The second kappa shape index (κ2) is 4.72. The molecule has 8 atom stereocenters. The third-order valence-electron chi connectivity index (χ3n) is 10.1. The molecule has 7 fully saturated rings. The summed E-state index contributed by atoms with van der Waals surface area (Å²) in [5.41, 5.74) is 2.07. The summed E-state index contributed by atoms with van der Waals surface area (Å²) in [6, 6.07) is 0. The maximum atomic E-state index is 11.3. The third kappa shape index (κ3) is 1.62. The number of rotatable bonds is 0. The molecule has 3 heteroatoms. The molecule has 0 aromatic carbocycles. The summed E-state index contributed by atoms with van der Waals surface area (Å²) in [6.07, 6.45) is 10.6. The molecule has 1 unspecified atom stereocenters. The van der Waals surface area contributed by atoms with Gasteiger partial charge in [0.05, 0.1) is 12.7 Å². The SMILES string of the molecule is C=C1[C@H]2CC[C@@]3(CC[C@H]4[C@]5(CCC[C@]4(C)C4OCCN4C5)[C@@H]3C2)[C@@H]1O. The summed E-state index contributed by atoms with van der Waals surface area (Å²) in [6.45, 7) is 10.1. The Labute approximate surface area is 151 Å². The molecule has 3 nitrogen and oxygen atoms in total. The van der Waals surface area contributed by atoms with Crippen LogP contribution in [0, 0.1) is 34.0 Å². The third-order valence-corrected chi connectivity index (χ3v) is 10.1. The zero-order valence-corrected chi connectivity index (χ0v) is 15.7. The number of fused-ring (bicyclic) bond motifs is 4. The fourth-order valence-electron chi connectivity index (χ4n) is 9.25. The quantitative estimate of drug-likeness (QED) is 0.683. The predicted molar refractivity (Wildman–Crippen MR) is 96.8 cm³/mol. The Balaban J connectivity index is 1.49. The second-order valence-corrected chi connectivity index (χ2v) is 10.6. The Kier molecular flexibility index (Phi) is 2.95. The van der Waals surface area contributed by atoms with Crippen molar-refractivity contribution < 1.29 is 9.84 Å². The minimum absolute atomic E-state index is 0.147. The Morgan fingerprint density at radius 1 is 1.12 bits per heavy atom. The van der Waals surface area contributed by atoms with Gasteiger partial charge in [-0.05, 0) is 73.7 Å². The van der Waals surface area contributed by atoms with Crippen molar-refractivity contribution >= 4 is 0 Å². The Morgan fingerprint density at radius 3 is 2.84 bits per heavy atom. The van der Waals surface area contributed by atoms with Gasteiger partial charge in [-0.25, -0.2) is 0 Å². The zero-order chi connectivity index (χ0) is 17.0. The number of hydrogen-bond donors (Lipinski definition) is 1. The van der Waals surface area contributed by atoms with Crippen molar-refractivity contribution in [3.63, 3.8) is 0 Å². The van der Waals surface area contributed by atoms with E-state index in [0.29, 0.717) is 28.9 Å². The van der Waals surface area contributed by atoms with Gasteiger partial charge in [0.25, 0.3) is 0 Å². The lowest BCUT2D eigenvalue weighted by atomic mass is 9.34. The van der Waals surface area contributed by atoms with Crippen molar-refractivity contribution in [3.05, 3.63) is 12.2 Å². The first-order chi connectivity index (χ1) is 12.0. The van der Waals surface area contributed by atoms with Crippen molar-refractivity contribution in [2.75, 3.05) is 19.7 Å². The standard InChI is InChI=1S/C22H33NO2/c1-14-15-4-8-21(18(14)24)9-5-16-20(2)6-3-7-22(16,17(21)12-15)13-23-10-11-25-19(20)23/h15-19,24H,1,3-13H2,2H3/t15-,16+,17+,18+,19?,20-,21-,22+/m0/s1. The van der Waals surface area contributed by atoms with Crippen LogP contribution in [0.5, 0.6) is 0 Å². The first-order valence-electron chi connectivity index (χ1n) is 10.7. The van der Waals surface area contributed by atoms with E-state index in [9.17, 15) is 5.11 Å². The number of hydrogen-bond acceptors (Lipinski definition) is 3. The molecule has 0 aromatic heterocycles. The summed E-state index contributed by atoms with van der Waals surface area (Å²) in [5, 5.41) is 11.3. The lowest BCUT2D eigenvalue weighted by Gasteiger charge is -2.73. The van der Waals surface area contributed by atoms with Gasteiger partial charge in [0.2, 0.25) is 0 Å². The van der Waals surface area contributed by atoms with Gasteiger partial charge in [0.15, 0.2) is 0 Å². The van der Waals surface area contributed by atoms with Crippen LogP contribution in [0.4, 0.5) is 0 Å². The normalized spacial score (nSPS) is 60.1. The van der Waals surface area contributed by atoms with E-state index in [2.05, 4.69) is 18.4 Å². The van der Waals surface area contributed by atoms with Crippen molar-refractivity contribution in [1.29, 1.82) is 0 Å². The molecule has 138 valence electrons. The maximum absolute atomic E-state index is 11.3. The Bertz CT molecular complexity index is 634. The zero-order valence-electron chi connectivity index (χ0n) is 15.7. The lowest BCUT2D eigenvalue weighted by molar-refractivity contribution is -0.273. The molecule has 7 rings (SSSR count). The van der Waals surface area contributed by atoms with Gasteiger partial charge in [-0.1, -0.05) is 19.9 Å². The monoisotopic (exact) mass is 343 g/mol. The van der Waals surface area contributed by atoms with Crippen LogP contribution in [-0.2, 0) is 4.74 Å². The van der Waals surface area contributed by atoms with E-state index >= 15 is 0 Å². The first kappa shape index (κ1) is 15.7. The smallest absolute Gasteiger partial charge is 0.116 e. The minimum atomic E-state index is -0.235. The van der Waals surface area contributed by atoms with Gasteiger partial charge in [-0.3, -0.25) is 4.90 Å². The highest BCUT2D eigenvalue weighted by Gasteiger charge is 2.71. The Hall–Kier alpha value is -0.380.